The van der Waals surface area contributed by atoms with Gasteiger partial charge in [-0.25, -0.2) is 0 Å². The summed E-state index contributed by atoms with van der Waals surface area (Å²) >= 11 is 0. The molecule has 1 aromatic carbocycles. The van der Waals surface area contributed by atoms with Crippen molar-refractivity contribution in [2.24, 2.45) is 11.1 Å². The van der Waals surface area contributed by atoms with E-state index in [2.05, 4.69) is 5.32 Å². The standard InChI is InChI=1S/C14H18N2O4/c1-14(2,8-12(18)19)7-11(17)16-10-5-3-4-9(6-10)13(15)20/h3-6H,7-8H2,1-2H3,(H2,15,20)(H,16,17)(H,18,19). The molecule has 0 fully saturated rings. The Kier molecular flexibility index (Phi) is 4.85. The van der Waals surface area contributed by atoms with Crippen LogP contribution in [0.2, 0.25) is 0 Å². The molecule has 108 valence electrons. The molecule has 0 aliphatic carbocycles. The molecular weight excluding hydrogens is 260 g/mol. The zero-order chi connectivity index (χ0) is 15.3. The molecule has 2 amide bonds. The van der Waals surface area contributed by atoms with Crippen molar-refractivity contribution in [2.75, 3.05) is 5.32 Å². The number of rotatable bonds is 6. The molecule has 0 aliphatic rings. The first-order valence-corrected chi connectivity index (χ1v) is 6.11. The Bertz CT molecular complexity index is 538. The summed E-state index contributed by atoms with van der Waals surface area (Å²) < 4.78 is 0. The minimum atomic E-state index is -0.946. The molecular formula is C14H18N2O4. The zero-order valence-electron chi connectivity index (χ0n) is 11.5. The van der Waals surface area contributed by atoms with Crippen LogP contribution in [0.1, 0.15) is 37.0 Å². The molecule has 0 atom stereocenters. The van der Waals surface area contributed by atoms with Gasteiger partial charge in [-0.15, -0.1) is 0 Å². The van der Waals surface area contributed by atoms with Crippen molar-refractivity contribution in [3.8, 4) is 0 Å². The van der Waals surface area contributed by atoms with Gasteiger partial charge in [0.1, 0.15) is 0 Å². The summed E-state index contributed by atoms with van der Waals surface area (Å²) in [6.45, 7) is 3.42. The molecule has 20 heavy (non-hydrogen) atoms. The van der Waals surface area contributed by atoms with Crippen LogP contribution in [-0.2, 0) is 9.59 Å². The third kappa shape index (κ3) is 5.09. The average Bonchev–Trinajstić information content (AvgIpc) is 2.25. The first kappa shape index (κ1) is 15.7. The van der Waals surface area contributed by atoms with E-state index in [-0.39, 0.29) is 18.7 Å². The highest BCUT2D eigenvalue weighted by Crippen LogP contribution is 2.25. The lowest BCUT2D eigenvalue weighted by Crippen LogP contribution is -2.25. The van der Waals surface area contributed by atoms with Crippen molar-refractivity contribution >= 4 is 23.5 Å². The maximum atomic E-state index is 11.9. The fourth-order valence-corrected chi connectivity index (χ4v) is 1.86. The lowest BCUT2D eigenvalue weighted by atomic mass is 9.85. The molecule has 6 heteroatoms. The number of nitrogens with two attached hydrogens (primary N) is 1. The average molecular weight is 278 g/mol. The Morgan fingerprint density at radius 2 is 1.90 bits per heavy atom. The van der Waals surface area contributed by atoms with Crippen LogP contribution in [0, 0.1) is 5.41 Å². The van der Waals surface area contributed by atoms with Gasteiger partial charge in [0.15, 0.2) is 0 Å². The first-order chi connectivity index (χ1) is 9.19. The van der Waals surface area contributed by atoms with Gasteiger partial charge >= 0.3 is 5.97 Å². The van der Waals surface area contributed by atoms with Crippen LogP contribution in [0.5, 0.6) is 0 Å². The van der Waals surface area contributed by atoms with Crippen LogP contribution in [0.15, 0.2) is 24.3 Å². The van der Waals surface area contributed by atoms with Gasteiger partial charge in [0.05, 0.1) is 6.42 Å². The van der Waals surface area contributed by atoms with Crippen molar-refractivity contribution in [3.05, 3.63) is 29.8 Å². The second-order valence-electron chi connectivity index (χ2n) is 5.40. The molecule has 0 saturated heterocycles. The van der Waals surface area contributed by atoms with Crippen molar-refractivity contribution in [3.63, 3.8) is 0 Å². The fourth-order valence-electron chi connectivity index (χ4n) is 1.86. The number of carboxylic acids is 1. The molecule has 0 aromatic heterocycles. The zero-order valence-corrected chi connectivity index (χ0v) is 11.5. The van der Waals surface area contributed by atoms with Crippen molar-refractivity contribution < 1.29 is 19.5 Å². The van der Waals surface area contributed by atoms with E-state index >= 15 is 0 Å². The van der Waals surface area contributed by atoms with Gasteiger partial charge in [0, 0.05) is 17.7 Å². The quantitative estimate of drug-likeness (QED) is 0.734. The number of carboxylic acid groups (broad SMARTS) is 1. The maximum absolute atomic E-state index is 11.9. The molecule has 0 saturated carbocycles. The summed E-state index contributed by atoms with van der Waals surface area (Å²) in [5.41, 5.74) is 5.27. The number of hydrogen-bond donors (Lipinski definition) is 3. The van der Waals surface area contributed by atoms with Crippen LogP contribution in [0.25, 0.3) is 0 Å². The Morgan fingerprint density at radius 3 is 2.45 bits per heavy atom. The molecule has 0 bridgehead atoms. The molecule has 0 spiro atoms. The number of nitrogens with one attached hydrogen (secondary N) is 1. The molecule has 6 nitrogen and oxygen atoms in total. The summed E-state index contributed by atoms with van der Waals surface area (Å²) in [5, 5.41) is 11.4. The van der Waals surface area contributed by atoms with E-state index in [1.54, 1.807) is 32.0 Å². The SMILES string of the molecule is CC(C)(CC(=O)O)CC(=O)Nc1cccc(C(N)=O)c1. The van der Waals surface area contributed by atoms with Crippen LogP contribution < -0.4 is 11.1 Å². The van der Waals surface area contributed by atoms with E-state index in [0.29, 0.717) is 11.3 Å². The number of carbonyl (C=O) groups excluding carboxylic acids is 2. The van der Waals surface area contributed by atoms with Gasteiger partial charge in [0.25, 0.3) is 0 Å². The van der Waals surface area contributed by atoms with Gasteiger partial charge < -0.3 is 16.2 Å². The summed E-state index contributed by atoms with van der Waals surface area (Å²) in [5.74, 6) is -1.83. The Balaban J connectivity index is 2.69. The number of carbonyl (C=O) groups is 3. The molecule has 0 unspecified atom stereocenters. The van der Waals surface area contributed by atoms with Crippen LogP contribution in [0.3, 0.4) is 0 Å². The summed E-state index contributed by atoms with van der Waals surface area (Å²) in [6, 6.07) is 6.27. The third-order valence-electron chi connectivity index (χ3n) is 2.70. The normalized spacial score (nSPS) is 10.9. The largest absolute Gasteiger partial charge is 0.481 e. The number of benzene rings is 1. The summed E-state index contributed by atoms with van der Waals surface area (Å²) in [6.07, 6.45) is -0.0259. The highest BCUT2D eigenvalue weighted by Gasteiger charge is 2.25. The number of amides is 2. The Labute approximate surface area is 117 Å². The fraction of sp³-hybridized carbons (Fsp3) is 0.357. The first-order valence-electron chi connectivity index (χ1n) is 6.11. The Hall–Kier alpha value is -2.37. The van der Waals surface area contributed by atoms with E-state index in [4.69, 9.17) is 10.8 Å². The highest BCUT2D eigenvalue weighted by atomic mass is 16.4. The topological polar surface area (TPSA) is 109 Å². The van der Waals surface area contributed by atoms with E-state index in [9.17, 15) is 14.4 Å². The van der Waals surface area contributed by atoms with Crippen molar-refractivity contribution in [1.29, 1.82) is 0 Å². The van der Waals surface area contributed by atoms with Crippen LogP contribution in [-0.4, -0.2) is 22.9 Å². The lowest BCUT2D eigenvalue weighted by Gasteiger charge is -2.21. The van der Waals surface area contributed by atoms with E-state index in [0.717, 1.165) is 0 Å². The number of anilines is 1. The highest BCUT2D eigenvalue weighted by molar-refractivity contribution is 5.96. The monoisotopic (exact) mass is 278 g/mol. The van der Waals surface area contributed by atoms with Crippen LogP contribution in [0.4, 0.5) is 5.69 Å². The van der Waals surface area contributed by atoms with E-state index in [1.165, 1.54) is 6.07 Å². The van der Waals surface area contributed by atoms with Crippen molar-refractivity contribution in [2.45, 2.75) is 26.7 Å². The van der Waals surface area contributed by atoms with Crippen molar-refractivity contribution in [1.82, 2.24) is 0 Å². The van der Waals surface area contributed by atoms with Crippen LogP contribution >= 0.6 is 0 Å². The van der Waals surface area contributed by atoms with E-state index < -0.39 is 17.3 Å². The van der Waals surface area contributed by atoms with Gasteiger partial charge in [-0.2, -0.15) is 0 Å². The van der Waals surface area contributed by atoms with Gasteiger partial charge in [-0.05, 0) is 23.6 Å². The molecule has 0 radical (unpaired) electrons. The molecule has 1 rings (SSSR count). The second kappa shape index (κ2) is 6.18. The maximum Gasteiger partial charge on any atom is 0.303 e. The van der Waals surface area contributed by atoms with Gasteiger partial charge in [0.2, 0.25) is 11.8 Å². The summed E-state index contributed by atoms with van der Waals surface area (Å²) in [7, 11) is 0. The Morgan fingerprint density at radius 1 is 1.25 bits per heavy atom. The van der Waals surface area contributed by atoms with E-state index in [1.807, 2.05) is 0 Å². The second-order valence-corrected chi connectivity index (χ2v) is 5.40. The van der Waals surface area contributed by atoms with Gasteiger partial charge in [-0.3, -0.25) is 14.4 Å². The minimum absolute atomic E-state index is 0.0695. The molecule has 1 aromatic rings. The van der Waals surface area contributed by atoms with Gasteiger partial charge in [-0.1, -0.05) is 19.9 Å². The predicted molar refractivity (Wildman–Crippen MR) is 74.2 cm³/mol. The minimum Gasteiger partial charge on any atom is -0.481 e. The number of hydrogen-bond acceptors (Lipinski definition) is 3. The molecule has 0 aliphatic heterocycles. The number of primary amides is 1. The third-order valence-corrected chi connectivity index (χ3v) is 2.70. The lowest BCUT2D eigenvalue weighted by molar-refractivity contribution is -0.139. The number of aliphatic carboxylic acids is 1. The molecule has 4 N–H and O–H groups in total. The summed E-state index contributed by atoms with van der Waals surface area (Å²) in [4.78, 5) is 33.6. The predicted octanol–water partition coefficient (Wildman–Crippen LogP) is 1.61. The smallest absolute Gasteiger partial charge is 0.303 e. The molecule has 0 heterocycles.